The Morgan fingerprint density at radius 3 is 2.69 bits per heavy atom. The van der Waals surface area contributed by atoms with Crippen LogP contribution < -0.4 is 0 Å². The highest BCUT2D eigenvalue weighted by Gasteiger charge is 2.44. The standard InChI is InChI=1S/C6H9NO6/c8-1-2(9)5-3(7-12)4(10)6(11)13-5/h2,4-5,8-10,12H,1H2/b7-3-/t2-,4-,5+/m0/s1. The van der Waals surface area contributed by atoms with Crippen LogP contribution in [0.4, 0.5) is 0 Å². The molecule has 0 aliphatic carbocycles. The van der Waals surface area contributed by atoms with Gasteiger partial charge in [0.2, 0.25) is 0 Å². The molecule has 7 nitrogen and oxygen atoms in total. The highest BCUT2D eigenvalue weighted by atomic mass is 16.6. The van der Waals surface area contributed by atoms with Gasteiger partial charge in [-0.2, -0.15) is 0 Å². The van der Waals surface area contributed by atoms with Crippen LogP contribution in [-0.2, 0) is 9.53 Å². The van der Waals surface area contributed by atoms with Crippen LogP contribution in [-0.4, -0.2) is 57.1 Å². The van der Waals surface area contributed by atoms with E-state index in [9.17, 15) is 4.79 Å². The third kappa shape index (κ3) is 1.62. The summed E-state index contributed by atoms with van der Waals surface area (Å²) in [6.07, 6.45) is -4.35. The molecule has 0 aromatic carbocycles. The number of aliphatic hydroxyl groups is 3. The lowest BCUT2D eigenvalue weighted by atomic mass is 10.1. The Bertz CT molecular complexity index is 239. The summed E-state index contributed by atoms with van der Waals surface area (Å²) >= 11 is 0. The second-order valence-corrected chi connectivity index (χ2v) is 2.53. The van der Waals surface area contributed by atoms with E-state index in [1.54, 1.807) is 0 Å². The Labute approximate surface area is 72.9 Å². The second kappa shape index (κ2) is 3.69. The number of nitrogens with zero attached hydrogens (tertiary/aromatic N) is 1. The maximum Gasteiger partial charge on any atom is 0.341 e. The maximum absolute atomic E-state index is 10.7. The van der Waals surface area contributed by atoms with E-state index in [-0.39, 0.29) is 0 Å². The molecule has 0 aromatic heterocycles. The van der Waals surface area contributed by atoms with Crippen molar-refractivity contribution in [2.75, 3.05) is 6.61 Å². The predicted octanol–water partition coefficient (Wildman–Crippen LogP) is -2.54. The van der Waals surface area contributed by atoms with E-state index < -0.39 is 36.6 Å². The lowest BCUT2D eigenvalue weighted by Crippen LogP contribution is -2.36. The predicted molar refractivity (Wildman–Crippen MR) is 38.2 cm³/mol. The van der Waals surface area contributed by atoms with E-state index in [0.717, 1.165) is 0 Å². The fourth-order valence-corrected chi connectivity index (χ4v) is 1.01. The van der Waals surface area contributed by atoms with E-state index in [1.807, 2.05) is 0 Å². The molecule has 0 amide bonds. The van der Waals surface area contributed by atoms with Gasteiger partial charge in [0.05, 0.1) is 6.61 Å². The van der Waals surface area contributed by atoms with E-state index in [0.29, 0.717) is 0 Å². The van der Waals surface area contributed by atoms with Crippen molar-refractivity contribution in [2.45, 2.75) is 18.3 Å². The monoisotopic (exact) mass is 191 g/mol. The number of carbonyl (C=O) groups is 1. The third-order valence-electron chi connectivity index (χ3n) is 1.69. The first-order valence-electron chi connectivity index (χ1n) is 3.51. The van der Waals surface area contributed by atoms with Crippen LogP contribution in [0.3, 0.4) is 0 Å². The Morgan fingerprint density at radius 1 is 1.62 bits per heavy atom. The van der Waals surface area contributed by atoms with Crippen molar-refractivity contribution in [3.8, 4) is 0 Å². The summed E-state index contributed by atoms with van der Waals surface area (Å²) in [5.41, 5.74) is -0.397. The highest BCUT2D eigenvalue weighted by molar-refractivity contribution is 6.12. The van der Waals surface area contributed by atoms with Gasteiger partial charge in [-0.15, -0.1) is 0 Å². The summed E-state index contributed by atoms with van der Waals surface area (Å²) in [7, 11) is 0. The quantitative estimate of drug-likeness (QED) is 0.217. The van der Waals surface area contributed by atoms with Crippen molar-refractivity contribution in [1.29, 1.82) is 0 Å². The lowest BCUT2D eigenvalue weighted by Gasteiger charge is -2.13. The Balaban J connectivity index is 2.83. The van der Waals surface area contributed by atoms with Gasteiger partial charge in [0.25, 0.3) is 0 Å². The molecule has 3 atom stereocenters. The van der Waals surface area contributed by atoms with Crippen molar-refractivity contribution in [3.63, 3.8) is 0 Å². The first-order valence-corrected chi connectivity index (χ1v) is 3.51. The Hall–Kier alpha value is -1.18. The zero-order valence-corrected chi connectivity index (χ0v) is 6.49. The Kier molecular flexibility index (Phi) is 2.81. The normalized spacial score (nSPS) is 33.5. The number of cyclic esters (lactones) is 1. The van der Waals surface area contributed by atoms with E-state index in [2.05, 4.69) is 9.89 Å². The van der Waals surface area contributed by atoms with Crippen LogP contribution in [0, 0.1) is 0 Å². The van der Waals surface area contributed by atoms with E-state index in [1.165, 1.54) is 0 Å². The number of aliphatic hydroxyl groups excluding tert-OH is 3. The van der Waals surface area contributed by atoms with Gasteiger partial charge in [-0.1, -0.05) is 5.16 Å². The average molecular weight is 191 g/mol. The van der Waals surface area contributed by atoms with Crippen LogP contribution in [0.15, 0.2) is 5.16 Å². The van der Waals surface area contributed by atoms with Gasteiger partial charge in [-0.25, -0.2) is 4.79 Å². The molecule has 4 N–H and O–H groups in total. The van der Waals surface area contributed by atoms with E-state index in [4.69, 9.17) is 20.5 Å². The molecule has 1 aliphatic rings. The van der Waals surface area contributed by atoms with Crippen molar-refractivity contribution in [3.05, 3.63) is 0 Å². The number of hydrogen-bond donors (Lipinski definition) is 4. The van der Waals surface area contributed by atoms with Crippen LogP contribution in [0.2, 0.25) is 0 Å². The number of ether oxygens (including phenoxy) is 1. The molecule has 0 unspecified atom stereocenters. The van der Waals surface area contributed by atoms with Gasteiger partial charge >= 0.3 is 5.97 Å². The molecule has 1 aliphatic heterocycles. The fourth-order valence-electron chi connectivity index (χ4n) is 1.01. The van der Waals surface area contributed by atoms with Gasteiger partial charge in [0, 0.05) is 0 Å². The smallest absolute Gasteiger partial charge is 0.341 e. The molecule has 1 saturated heterocycles. The van der Waals surface area contributed by atoms with Gasteiger partial charge in [0.15, 0.2) is 12.2 Å². The first-order chi connectivity index (χ1) is 6.11. The topological polar surface area (TPSA) is 120 Å². The summed E-state index contributed by atoms with van der Waals surface area (Å²) in [5.74, 6) is -1.01. The minimum atomic E-state index is -1.67. The van der Waals surface area contributed by atoms with Gasteiger partial charge in [-0.3, -0.25) is 0 Å². The maximum atomic E-state index is 10.7. The van der Waals surface area contributed by atoms with Crippen LogP contribution >= 0.6 is 0 Å². The van der Waals surface area contributed by atoms with Crippen molar-refractivity contribution in [1.82, 2.24) is 0 Å². The average Bonchev–Trinajstić information content (AvgIpc) is 2.42. The summed E-state index contributed by atoms with van der Waals surface area (Å²) in [5, 5.41) is 37.6. The summed E-state index contributed by atoms with van der Waals surface area (Å²) in [4.78, 5) is 10.7. The zero-order chi connectivity index (χ0) is 10.0. The third-order valence-corrected chi connectivity index (χ3v) is 1.69. The highest BCUT2D eigenvalue weighted by Crippen LogP contribution is 2.15. The number of carbonyl (C=O) groups excluding carboxylic acids is 1. The SMILES string of the molecule is O=C1O[C@H]([C@@H](O)CO)/C(=N\O)[C@@H]1O. The molecular weight excluding hydrogens is 182 g/mol. The molecule has 1 heterocycles. The second-order valence-electron chi connectivity index (χ2n) is 2.53. The van der Waals surface area contributed by atoms with Crippen LogP contribution in [0.5, 0.6) is 0 Å². The minimum absolute atomic E-state index is 0.397. The summed E-state index contributed by atoms with van der Waals surface area (Å²) in [6.45, 7) is -0.663. The lowest BCUT2D eigenvalue weighted by molar-refractivity contribution is -0.151. The van der Waals surface area contributed by atoms with Gasteiger partial charge in [0.1, 0.15) is 11.8 Å². The van der Waals surface area contributed by atoms with Crippen molar-refractivity contribution >= 4 is 11.7 Å². The Morgan fingerprint density at radius 2 is 2.23 bits per heavy atom. The van der Waals surface area contributed by atoms with Gasteiger partial charge < -0.3 is 25.3 Å². The molecule has 13 heavy (non-hydrogen) atoms. The van der Waals surface area contributed by atoms with E-state index >= 15 is 0 Å². The molecule has 1 fully saturated rings. The summed E-state index contributed by atoms with van der Waals surface area (Å²) in [6, 6.07) is 0. The number of rotatable bonds is 2. The molecule has 0 radical (unpaired) electrons. The fraction of sp³-hybridized carbons (Fsp3) is 0.667. The van der Waals surface area contributed by atoms with Crippen LogP contribution in [0.1, 0.15) is 0 Å². The molecule has 7 heteroatoms. The van der Waals surface area contributed by atoms with Gasteiger partial charge in [-0.05, 0) is 0 Å². The number of esters is 1. The summed E-state index contributed by atoms with van der Waals surface area (Å²) < 4.78 is 4.44. The number of oxime groups is 1. The van der Waals surface area contributed by atoms with Crippen LogP contribution in [0.25, 0.3) is 0 Å². The molecule has 1 rings (SSSR count). The molecule has 0 aromatic rings. The molecule has 0 bridgehead atoms. The zero-order valence-electron chi connectivity index (χ0n) is 6.49. The largest absolute Gasteiger partial charge is 0.451 e. The van der Waals surface area contributed by atoms with Crippen molar-refractivity contribution < 1.29 is 30.1 Å². The molecule has 0 saturated carbocycles. The van der Waals surface area contributed by atoms with Crippen molar-refractivity contribution in [2.24, 2.45) is 5.16 Å². The first kappa shape index (κ1) is 9.90. The minimum Gasteiger partial charge on any atom is -0.451 e. The molecule has 74 valence electrons. The molecule has 0 spiro atoms. The number of hydrogen-bond acceptors (Lipinski definition) is 7. The molecular formula is C6H9NO6.